The SMILES string of the molecule is CCc1cc(C(=O)O)cc(C)c1C#N. The predicted molar refractivity (Wildman–Crippen MR) is 52.2 cm³/mol. The van der Waals surface area contributed by atoms with Gasteiger partial charge >= 0.3 is 5.97 Å². The van der Waals surface area contributed by atoms with Crippen LogP contribution in [0.4, 0.5) is 0 Å². The molecule has 0 bridgehead atoms. The number of carboxylic acids is 1. The number of benzene rings is 1. The molecule has 0 aliphatic carbocycles. The van der Waals surface area contributed by atoms with Crippen LogP contribution in [0.2, 0.25) is 0 Å². The molecule has 0 amide bonds. The summed E-state index contributed by atoms with van der Waals surface area (Å²) in [5.74, 6) is -0.952. The highest BCUT2D eigenvalue weighted by atomic mass is 16.4. The number of aryl methyl sites for hydroxylation is 2. The first kappa shape index (κ1) is 10.3. The van der Waals surface area contributed by atoms with Crippen LogP contribution in [0.1, 0.15) is 34.0 Å². The molecular formula is C11H11NO2. The Kier molecular flexibility index (Phi) is 2.88. The van der Waals surface area contributed by atoms with Crippen molar-refractivity contribution in [3.05, 3.63) is 34.4 Å². The molecule has 0 saturated heterocycles. The fourth-order valence-corrected chi connectivity index (χ4v) is 1.42. The molecule has 1 aromatic carbocycles. The van der Waals surface area contributed by atoms with Crippen molar-refractivity contribution in [1.29, 1.82) is 5.26 Å². The van der Waals surface area contributed by atoms with Gasteiger partial charge in [0.15, 0.2) is 0 Å². The van der Waals surface area contributed by atoms with E-state index in [0.717, 1.165) is 11.1 Å². The standard InChI is InChI=1S/C11H11NO2/c1-3-8-5-9(11(13)14)4-7(2)10(8)6-12/h4-5H,3H2,1-2H3,(H,13,14). The zero-order valence-corrected chi connectivity index (χ0v) is 8.16. The second-order valence-corrected chi connectivity index (χ2v) is 3.10. The van der Waals surface area contributed by atoms with Gasteiger partial charge in [0.2, 0.25) is 0 Å². The number of hydrogen-bond acceptors (Lipinski definition) is 2. The second-order valence-electron chi connectivity index (χ2n) is 3.10. The summed E-state index contributed by atoms with van der Waals surface area (Å²) < 4.78 is 0. The summed E-state index contributed by atoms with van der Waals surface area (Å²) in [4.78, 5) is 10.7. The van der Waals surface area contributed by atoms with Gasteiger partial charge in [0, 0.05) is 0 Å². The molecule has 0 radical (unpaired) electrons. The molecule has 0 aliphatic rings. The van der Waals surface area contributed by atoms with Gasteiger partial charge in [0.1, 0.15) is 0 Å². The van der Waals surface area contributed by atoms with Crippen LogP contribution in [0.3, 0.4) is 0 Å². The van der Waals surface area contributed by atoms with Gasteiger partial charge in [-0.25, -0.2) is 4.79 Å². The maximum atomic E-state index is 10.7. The molecular weight excluding hydrogens is 178 g/mol. The molecule has 72 valence electrons. The third-order valence-corrected chi connectivity index (χ3v) is 2.16. The smallest absolute Gasteiger partial charge is 0.335 e. The van der Waals surface area contributed by atoms with Crippen LogP contribution in [-0.4, -0.2) is 11.1 Å². The van der Waals surface area contributed by atoms with Crippen LogP contribution in [0.5, 0.6) is 0 Å². The van der Waals surface area contributed by atoms with Crippen molar-refractivity contribution in [3.63, 3.8) is 0 Å². The molecule has 3 nitrogen and oxygen atoms in total. The quantitative estimate of drug-likeness (QED) is 0.775. The Morgan fingerprint density at radius 2 is 2.21 bits per heavy atom. The van der Waals surface area contributed by atoms with Crippen molar-refractivity contribution in [2.45, 2.75) is 20.3 Å². The first-order valence-electron chi connectivity index (χ1n) is 4.37. The summed E-state index contributed by atoms with van der Waals surface area (Å²) in [6.45, 7) is 3.66. The fourth-order valence-electron chi connectivity index (χ4n) is 1.42. The molecule has 1 N–H and O–H groups in total. The first-order valence-corrected chi connectivity index (χ1v) is 4.37. The van der Waals surface area contributed by atoms with Crippen LogP contribution in [0, 0.1) is 18.3 Å². The first-order chi connectivity index (χ1) is 6.60. The molecule has 0 unspecified atom stereocenters. The fraction of sp³-hybridized carbons (Fsp3) is 0.273. The third-order valence-electron chi connectivity index (χ3n) is 2.16. The Hall–Kier alpha value is -1.82. The lowest BCUT2D eigenvalue weighted by atomic mass is 9.98. The van der Waals surface area contributed by atoms with Crippen molar-refractivity contribution in [2.75, 3.05) is 0 Å². The largest absolute Gasteiger partial charge is 0.478 e. The van der Waals surface area contributed by atoms with E-state index in [1.807, 2.05) is 6.92 Å². The summed E-state index contributed by atoms with van der Waals surface area (Å²) in [5.41, 5.74) is 2.37. The summed E-state index contributed by atoms with van der Waals surface area (Å²) in [5, 5.41) is 17.7. The lowest BCUT2D eigenvalue weighted by molar-refractivity contribution is 0.0696. The highest BCUT2D eigenvalue weighted by Gasteiger charge is 2.10. The highest BCUT2D eigenvalue weighted by molar-refractivity contribution is 5.88. The highest BCUT2D eigenvalue weighted by Crippen LogP contribution is 2.17. The molecule has 3 heteroatoms. The Balaban J connectivity index is 3.40. The van der Waals surface area contributed by atoms with E-state index < -0.39 is 5.97 Å². The second kappa shape index (κ2) is 3.93. The minimum absolute atomic E-state index is 0.248. The minimum Gasteiger partial charge on any atom is -0.478 e. The van der Waals surface area contributed by atoms with E-state index in [-0.39, 0.29) is 5.56 Å². The Morgan fingerprint density at radius 1 is 1.57 bits per heavy atom. The summed E-state index contributed by atoms with van der Waals surface area (Å²) in [7, 11) is 0. The molecule has 0 aliphatic heterocycles. The number of nitriles is 1. The van der Waals surface area contributed by atoms with E-state index >= 15 is 0 Å². The lowest BCUT2D eigenvalue weighted by Crippen LogP contribution is -2.01. The van der Waals surface area contributed by atoms with Crippen molar-refractivity contribution in [1.82, 2.24) is 0 Å². The third kappa shape index (κ3) is 1.74. The van der Waals surface area contributed by atoms with Crippen LogP contribution in [0.15, 0.2) is 12.1 Å². The van der Waals surface area contributed by atoms with Gasteiger partial charge in [0.25, 0.3) is 0 Å². The molecule has 0 atom stereocenters. The van der Waals surface area contributed by atoms with E-state index in [1.54, 1.807) is 13.0 Å². The number of nitrogens with zero attached hydrogens (tertiary/aromatic N) is 1. The van der Waals surface area contributed by atoms with Gasteiger partial charge in [-0.2, -0.15) is 5.26 Å². The zero-order chi connectivity index (χ0) is 10.7. The van der Waals surface area contributed by atoms with Crippen LogP contribution in [0.25, 0.3) is 0 Å². The molecule has 1 rings (SSSR count). The maximum Gasteiger partial charge on any atom is 0.335 e. The Bertz CT molecular complexity index is 416. The van der Waals surface area contributed by atoms with Crippen LogP contribution >= 0.6 is 0 Å². The number of carboxylic acid groups (broad SMARTS) is 1. The number of aromatic carboxylic acids is 1. The average Bonchev–Trinajstić information content (AvgIpc) is 2.16. The summed E-state index contributed by atoms with van der Waals surface area (Å²) in [6.07, 6.45) is 0.671. The van der Waals surface area contributed by atoms with Gasteiger partial charge in [-0.1, -0.05) is 6.92 Å². The van der Waals surface area contributed by atoms with E-state index in [2.05, 4.69) is 6.07 Å². The topological polar surface area (TPSA) is 61.1 Å². The van der Waals surface area contributed by atoms with Crippen molar-refractivity contribution in [2.24, 2.45) is 0 Å². The van der Waals surface area contributed by atoms with E-state index in [4.69, 9.17) is 10.4 Å². The van der Waals surface area contributed by atoms with E-state index in [1.165, 1.54) is 6.07 Å². The Morgan fingerprint density at radius 3 is 2.64 bits per heavy atom. The summed E-state index contributed by atoms with van der Waals surface area (Å²) in [6, 6.07) is 5.18. The lowest BCUT2D eigenvalue weighted by Gasteiger charge is -2.05. The average molecular weight is 189 g/mol. The molecule has 0 saturated carbocycles. The van der Waals surface area contributed by atoms with Crippen molar-refractivity contribution < 1.29 is 9.90 Å². The van der Waals surface area contributed by atoms with Crippen LogP contribution < -0.4 is 0 Å². The summed E-state index contributed by atoms with van der Waals surface area (Å²) >= 11 is 0. The molecule has 0 heterocycles. The number of rotatable bonds is 2. The molecule has 1 aromatic rings. The van der Waals surface area contributed by atoms with Crippen molar-refractivity contribution in [3.8, 4) is 6.07 Å². The van der Waals surface area contributed by atoms with Crippen molar-refractivity contribution >= 4 is 5.97 Å². The van der Waals surface area contributed by atoms with Crippen LogP contribution in [-0.2, 0) is 6.42 Å². The number of carbonyl (C=O) groups is 1. The van der Waals surface area contributed by atoms with Gasteiger partial charge in [-0.15, -0.1) is 0 Å². The van der Waals surface area contributed by atoms with Gasteiger partial charge in [-0.05, 0) is 36.6 Å². The molecule has 0 aromatic heterocycles. The maximum absolute atomic E-state index is 10.7. The zero-order valence-electron chi connectivity index (χ0n) is 8.16. The predicted octanol–water partition coefficient (Wildman–Crippen LogP) is 2.13. The van der Waals surface area contributed by atoms with E-state index in [0.29, 0.717) is 12.0 Å². The van der Waals surface area contributed by atoms with Gasteiger partial charge < -0.3 is 5.11 Å². The monoisotopic (exact) mass is 189 g/mol. The van der Waals surface area contributed by atoms with Gasteiger partial charge in [-0.3, -0.25) is 0 Å². The number of hydrogen-bond donors (Lipinski definition) is 1. The Labute approximate surface area is 82.6 Å². The molecule has 0 spiro atoms. The molecule has 14 heavy (non-hydrogen) atoms. The van der Waals surface area contributed by atoms with E-state index in [9.17, 15) is 4.79 Å². The van der Waals surface area contributed by atoms with Gasteiger partial charge in [0.05, 0.1) is 17.2 Å². The minimum atomic E-state index is -0.952. The molecule has 0 fully saturated rings. The normalized spacial score (nSPS) is 9.50.